The minimum absolute atomic E-state index is 0.0865. The van der Waals surface area contributed by atoms with Crippen LogP contribution in [0.25, 0.3) is 0 Å². The second kappa shape index (κ2) is 8.64. The van der Waals surface area contributed by atoms with Gasteiger partial charge in [0.15, 0.2) is 0 Å². The smallest absolute Gasteiger partial charge is 0.237 e. The minimum Gasteiger partial charge on any atom is -0.380 e. The predicted octanol–water partition coefficient (Wildman–Crippen LogP) is -0.0292. The third-order valence-electron chi connectivity index (χ3n) is 2.33. The SMILES string of the molecule is CCOCCN(CC)CC(C)C(=O)NN. The summed E-state index contributed by atoms with van der Waals surface area (Å²) >= 11 is 0. The maximum atomic E-state index is 11.2. The summed E-state index contributed by atoms with van der Waals surface area (Å²) in [6, 6.07) is 0. The summed E-state index contributed by atoms with van der Waals surface area (Å²) in [6.45, 7) is 9.83. The Labute approximate surface area is 91.9 Å². The van der Waals surface area contributed by atoms with Gasteiger partial charge in [-0.3, -0.25) is 10.2 Å². The molecule has 0 aromatic heterocycles. The largest absolute Gasteiger partial charge is 0.380 e. The summed E-state index contributed by atoms with van der Waals surface area (Å²) in [5.41, 5.74) is 2.16. The highest BCUT2D eigenvalue weighted by molar-refractivity contribution is 5.77. The van der Waals surface area contributed by atoms with E-state index in [-0.39, 0.29) is 11.8 Å². The van der Waals surface area contributed by atoms with E-state index in [1.807, 2.05) is 13.8 Å². The fourth-order valence-corrected chi connectivity index (χ4v) is 1.33. The third-order valence-corrected chi connectivity index (χ3v) is 2.33. The molecule has 0 heterocycles. The molecule has 0 rings (SSSR count). The molecule has 0 aliphatic carbocycles. The zero-order chi connectivity index (χ0) is 11.7. The van der Waals surface area contributed by atoms with Crippen molar-refractivity contribution < 1.29 is 9.53 Å². The minimum atomic E-state index is -0.121. The van der Waals surface area contributed by atoms with Gasteiger partial charge in [0.05, 0.1) is 6.61 Å². The molecule has 0 saturated heterocycles. The lowest BCUT2D eigenvalue weighted by Crippen LogP contribution is -2.41. The maximum absolute atomic E-state index is 11.2. The first-order valence-corrected chi connectivity index (χ1v) is 5.46. The van der Waals surface area contributed by atoms with Gasteiger partial charge in [0.1, 0.15) is 0 Å². The van der Waals surface area contributed by atoms with Crippen molar-refractivity contribution >= 4 is 5.91 Å². The van der Waals surface area contributed by atoms with Crippen LogP contribution in [-0.2, 0) is 9.53 Å². The Hall–Kier alpha value is -0.650. The molecule has 5 heteroatoms. The van der Waals surface area contributed by atoms with Crippen molar-refractivity contribution in [1.82, 2.24) is 10.3 Å². The van der Waals surface area contributed by atoms with Crippen LogP contribution in [0.15, 0.2) is 0 Å². The van der Waals surface area contributed by atoms with Crippen LogP contribution in [0, 0.1) is 5.92 Å². The van der Waals surface area contributed by atoms with Crippen molar-refractivity contribution in [2.45, 2.75) is 20.8 Å². The number of rotatable bonds is 8. The molecule has 0 bridgehead atoms. The van der Waals surface area contributed by atoms with E-state index in [2.05, 4.69) is 17.2 Å². The summed E-state index contributed by atoms with van der Waals surface area (Å²) in [6.07, 6.45) is 0. The third kappa shape index (κ3) is 6.43. The van der Waals surface area contributed by atoms with Gasteiger partial charge in [0, 0.05) is 25.6 Å². The van der Waals surface area contributed by atoms with Crippen molar-refractivity contribution in [3.8, 4) is 0 Å². The fourth-order valence-electron chi connectivity index (χ4n) is 1.33. The highest BCUT2D eigenvalue weighted by Crippen LogP contribution is 1.99. The van der Waals surface area contributed by atoms with Crippen LogP contribution in [0.1, 0.15) is 20.8 Å². The average Bonchev–Trinajstić information content (AvgIpc) is 2.26. The van der Waals surface area contributed by atoms with Gasteiger partial charge in [-0.05, 0) is 13.5 Å². The molecule has 0 aromatic rings. The Balaban J connectivity index is 3.81. The summed E-state index contributed by atoms with van der Waals surface area (Å²) in [5, 5.41) is 0. The van der Waals surface area contributed by atoms with Crippen molar-refractivity contribution in [1.29, 1.82) is 0 Å². The maximum Gasteiger partial charge on any atom is 0.237 e. The molecule has 0 aliphatic rings. The van der Waals surface area contributed by atoms with Gasteiger partial charge < -0.3 is 9.64 Å². The van der Waals surface area contributed by atoms with E-state index in [1.165, 1.54) is 0 Å². The van der Waals surface area contributed by atoms with Crippen LogP contribution in [0.4, 0.5) is 0 Å². The molecule has 1 amide bonds. The molecule has 0 aromatic carbocycles. The molecular formula is C10H23N3O2. The quantitative estimate of drug-likeness (QED) is 0.259. The lowest BCUT2D eigenvalue weighted by molar-refractivity contribution is -0.125. The van der Waals surface area contributed by atoms with Gasteiger partial charge in [-0.2, -0.15) is 0 Å². The number of carbonyl (C=O) groups is 1. The van der Waals surface area contributed by atoms with Crippen molar-refractivity contribution in [3.63, 3.8) is 0 Å². The zero-order valence-electron chi connectivity index (χ0n) is 9.95. The van der Waals surface area contributed by atoms with Crippen LogP contribution < -0.4 is 11.3 Å². The summed E-state index contributed by atoms with van der Waals surface area (Å²) in [5.74, 6) is 4.86. The molecule has 15 heavy (non-hydrogen) atoms. The first kappa shape index (κ1) is 14.3. The molecule has 3 N–H and O–H groups in total. The molecule has 0 spiro atoms. The van der Waals surface area contributed by atoms with Gasteiger partial charge in [-0.1, -0.05) is 13.8 Å². The predicted molar refractivity (Wildman–Crippen MR) is 60.1 cm³/mol. The summed E-state index contributed by atoms with van der Waals surface area (Å²) < 4.78 is 5.27. The van der Waals surface area contributed by atoms with Crippen molar-refractivity contribution in [2.24, 2.45) is 11.8 Å². The van der Waals surface area contributed by atoms with E-state index in [9.17, 15) is 4.79 Å². The van der Waals surface area contributed by atoms with E-state index in [4.69, 9.17) is 10.6 Å². The fraction of sp³-hybridized carbons (Fsp3) is 0.900. The molecular weight excluding hydrogens is 194 g/mol. The standard InChI is InChI=1S/C10H23N3O2/c1-4-13(6-7-15-5-2)8-9(3)10(14)12-11/h9H,4-8,11H2,1-3H3,(H,12,14). The average molecular weight is 217 g/mol. The second-order valence-corrected chi connectivity index (χ2v) is 3.50. The zero-order valence-corrected chi connectivity index (χ0v) is 9.95. The van der Waals surface area contributed by atoms with Gasteiger partial charge in [-0.25, -0.2) is 5.84 Å². The lowest BCUT2D eigenvalue weighted by Gasteiger charge is -2.23. The van der Waals surface area contributed by atoms with Crippen molar-refractivity contribution in [3.05, 3.63) is 0 Å². The van der Waals surface area contributed by atoms with Gasteiger partial charge in [0.2, 0.25) is 5.91 Å². The summed E-state index contributed by atoms with van der Waals surface area (Å²) in [7, 11) is 0. The Kier molecular flexibility index (Phi) is 8.27. The van der Waals surface area contributed by atoms with E-state index < -0.39 is 0 Å². The number of amides is 1. The van der Waals surface area contributed by atoms with Crippen LogP contribution in [0.2, 0.25) is 0 Å². The molecule has 0 fully saturated rings. The van der Waals surface area contributed by atoms with Crippen molar-refractivity contribution in [2.75, 3.05) is 32.8 Å². The molecule has 1 atom stereocenters. The van der Waals surface area contributed by atoms with Gasteiger partial charge in [0.25, 0.3) is 0 Å². The van der Waals surface area contributed by atoms with Gasteiger partial charge in [-0.15, -0.1) is 0 Å². The van der Waals surface area contributed by atoms with E-state index in [0.717, 1.165) is 19.7 Å². The van der Waals surface area contributed by atoms with Crippen LogP contribution in [0.3, 0.4) is 0 Å². The van der Waals surface area contributed by atoms with E-state index in [0.29, 0.717) is 13.2 Å². The molecule has 5 nitrogen and oxygen atoms in total. The highest BCUT2D eigenvalue weighted by atomic mass is 16.5. The first-order valence-electron chi connectivity index (χ1n) is 5.46. The Bertz CT molecular complexity index is 176. The van der Waals surface area contributed by atoms with Crippen LogP contribution >= 0.6 is 0 Å². The molecule has 90 valence electrons. The number of hydrogen-bond donors (Lipinski definition) is 2. The Morgan fingerprint density at radius 1 is 1.53 bits per heavy atom. The number of carbonyl (C=O) groups excluding carboxylic acids is 1. The Morgan fingerprint density at radius 2 is 2.20 bits per heavy atom. The molecule has 0 saturated carbocycles. The first-order chi connectivity index (χ1) is 7.15. The topological polar surface area (TPSA) is 67.6 Å². The molecule has 0 radical (unpaired) electrons. The molecule has 0 aliphatic heterocycles. The number of hydrogen-bond acceptors (Lipinski definition) is 4. The highest BCUT2D eigenvalue weighted by Gasteiger charge is 2.14. The summed E-state index contributed by atoms with van der Waals surface area (Å²) in [4.78, 5) is 13.4. The Morgan fingerprint density at radius 3 is 2.67 bits per heavy atom. The number of nitrogens with zero attached hydrogens (tertiary/aromatic N) is 1. The molecule has 1 unspecified atom stereocenters. The number of nitrogens with one attached hydrogen (secondary N) is 1. The number of hydrazine groups is 1. The van der Waals surface area contributed by atoms with Crippen LogP contribution in [-0.4, -0.2) is 43.7 Å². The number of nitrogens with two attached hydrogens (primary N) is 1. The number of ether oxygens (including phenoxy) is 1. The monoisotopic (exact) mass is 217 g/mol. The second-order valence-electron chi connectivity index (χ2n) is 3.50. The van der Waals surface area contributed by atoms with Crippen LogP contribution in [0.5, 0.6) is 0 Å². The van der Waals surface area contributed by atoms with E-state index in [1.54, 1.807) is 0 Å². The van der Waals surface area contributed by atoms with Gasteiger partial charge >= 0.3 is 0 Å². The normalized spacial score (nSPS) is 12.9. The number of likely N-dealkylation sites (N-methyl/N-ethyl adjacent to an activating group) is 1. The van der Waals surface area contributed by atoms with E-state index >= 15 is 0 Å². The lowest BCUT2D eigenvalue weighted by atomic mass is 10.1.